The second kappa shape index (κ2) is 5.02. The van der Waals surface area contributed by atoms with Crippen molar-refractivity contribution >= 4 is 0 Å². The summed E-state index contributed by atoms with van der Waals surface area (Å²) in [4.78, 5) is 2.65. The summed E-state index contributed by atoms with van der Waals surface area (Å²) in [6, 6.07) is 12.2. The lowest BCUT2D eigenvalue weighted by Crippen LogP contribution is -2.58. The Balaban J connectivity index is 1.68. The molecule has 2 fully saturated rings. The number of hydrogen-bond acceptors (Lipinski definition) is 2. The van der Waals surface area contributed by atoms with Crippen molar-refractivity contribution < 1.29 is 0 Å². The average Bonchev–Trinajstić information content (AvgIpc) is 2.38. The Morgan fingerprint density at radius 2 is 1.67 bits per heavy atom. The summed E-state index contributed by atoms with van der Waals surface area (Å²) in [6.07, 6.45) is 1.42. The predicted molar refractivity (Wildman–Crippen MR) is 75.4 cm³/mol. The molecule has 4 unspecified atom stereocenters. The molecule has 18 heavy (non-hydrogen) atoms. The lowest BCUT2D eigenvalue weighted by atomic mass is 9.77. The Labute approximate surface area is 110 Å². The van der Waals surface area contributed by atoms with Crippen LogP contribution in [0, 0.1) is 11.8 Å². The van der Waals surface area contributed by atoms with E-state index in [9.17, 15) is 0 Å². The molecule has 2 nitrogen and oxygen atoms in total. The predicted octanol–water partition coefficient (Wildman–Crippen LogP) is 2.50. The van der Waals surface area contributed by atoms with Gasteiger partial charge < -0.3 is 5.32 Å². The maximum absolute atomic E-state index is 3.74. The Hall–Kier alpha value is -0.860. The molecule has 2 heterocycles. The number of likely N-dealkylation sites (tertiary alicyclic amines) is 1. The van der Waals surface area contributed by atoms with Gasteiger partial charge in [-0.15, -0.1) is 0 Å². The van der Waals surface area contributed by atoms with Crippen LogP contribution in [-0.4, -0.2) is 30.1 Å². The van der Waals surface area contributed by atoms with Gasteiger partial charge in [0.15, 0.2) is 0 Å². The molecule has 98 valence electrons. The van der Waals surface area contributed by atoms with Gasteiger partial charge in [0.2, 0.25) is 0 Å². The van der Waals surface area contributed by atoms with Crippen LogP contribution >= 0.6 is 0 Å². The van der Waals surface area contributed by atoms with Gasteiger partial charge in [-0.05, 0) is 37.7 Å². The van der Waals surface area contributed by atoms with Gasteiger partial charge in [-0.2, -0.15) is 0 Å². The van der Waals surface area contributed by atoms with Crippen molar-refractivity contribution in [2.24, 2.45) is 11.8 Å². The number of rotatable bonds is 2. The highest BCUT2D eigenvalue weighted by atomic mass is 15.2. The third-order valence-electron chi connectivity index (χ3n) is 4.78. The van der Waals surface area contributed by atoms with Crippen molar-refractivity contribution in [1.29, 1.82) is 0 Å². The minimum Gasteiger partial charge on any atom is -0.311 e. The molecule has 2 aliphatic heterocycles. The molecule has 0 amide bonds. The smallest absolute Gasteiger partial charge is 0.0233 e. The third kappa shape index (κ3) is 2.45. The van der Waals surface area contributed by atoms with Gasteiger partial charge >= 0.3 is 0 Å². The van der Waals surface area contributed by atoms with Crippen molar-refractivity contribution in [3.63, 3.8) is 0 Å². The topological polar surface area (TPSA) is 15.3 Å². The van der Waals surface area contributed by atoms with Crippen LogP contribution in [-0.2, 0) is 6.54 Å². The van der Waals surface area contributed by atoms with E-state index < -0.39 is 0 Å². The minimum atomic E-state index is 0.676. The highest BCUT2D eigenvalue weighted by Gasteiger charge is 2.37. The molecule has 0 aliphatic carbocycles. The fraction of sp³-hybridized carbons (Fsp3) is 0.625. The molecule has 3 rings (SSSR count). The first-order chi connectivity index (χ1) is 8.72. The zero-order chi connectivity index (χ0) is 12.5. The molecule has 2 heteroatoms. The van der Waals surface area contributed by atoms with E-state index >= 15 is 0 Å². The largest absolute Gasteiger partial charge is 0.311 e. The number of nitrogens with one attached hydrogen (secondary N) is 1. The molecule has 0 radical (unpaired) electrons. The second-order valence-corrected chi connectivity index (χ2v) is 6.18. The quantitative estimate of drug-likeness (QED) is 0.860. The second-order valence-electron chi connectivity index (χ2n) is 6.18. The van der Waals surface area contributed by atoms with Crippen molar-refractivity contribution in [3.8, 4) is 0 Å². The summed E-state index contributed by atoms with van der Waals surface area (Å²) in [7, 11) is 0. The summed E-state index contributed by atoms with van der Waals surface area (Å²) >= 11 is 0. The highest BCUT2D eigenvalue weighted by Crippen LogP contribution is 2.32. The molecule has 1 aromatic carbocycles. The molecule has 2 bridgehead atoms. The van der Waals surface area contributed by atoms with Gasteiger partial charge in [-0.3, -0.25) is 4.90 Å². The van der Waals surface area contributed by atoms with E-state index in [-0.39, 0.29) is 0 Å². The summed E-state index contributed by atoms with van der Waals surface area (Å²) in [5.74, 6) is 1.67. The van der Waals surface area contributed by atoms with Crippen LogP contribution in [0.5, 0.6) is 0 Å². The number of nitrogens with zero attached hydrogens (tertiary/aromatic N) is 1. The third-order valence-corrected chi connectivity index (χ3v) is 4.78. The Morgan fingerprint density at radius 1 is 1.06 bits per heavy atom. The van der Waals surface area contributed by atoms with E-state index in [0.717, 1.165) is 18.4 Å². The van der Waals surface area contributed by atoms with E-state index in [1.165, 1.54) is 25.1 Å². The molecular formula is C16H24N2. The van der Waals surface area contributed by atoms with Gasteiger partial charge in [0, 0.05) is 31.7 Å². The highest BCUT2D eigenvalue weighted by molar-refractivity contribution is 5.14. The number of fused-ring (bicyclic) bond motifs is 2. The van der Waals surface area contributed by atoms with E-state index in [1.54, 1.807) is 0 Å². The van der Waals surface area contributed by atoms with Gasteiger partial charge in [0.25, 0.3) is 0 Å². The molecule has 2 saturated heterocycles. The normalized spacial score (nSPS) is 36.6. The molecule has 2 aliphatic rings. The fourth-order valence-electron chi connectivity index (χ4n) is 3.66. The van der Waals surface area contributed by atoms with E-state index in [0.29, 0.717) is 12.1 Å². The standard InChI is InChI=1S/C16H24N2/c1-12-15-8-16(13(2)17-12)11-18(10-15)9-14-6-4-3-5-7-14/h3-7,12-13,15-17H,8-11H2,1-2H3. The van der Waals surface area contributed by atoms with Crippen molar-refractivity contribution in [1.82, 2.24) is 10.2 Å². The molecular weight excluding hydrogens is 220 g/mol. The van der Waals surface area contributed by atoms with Crippen LogP contribution in [0.3, 0.4) is 0 Å². The number of piperidine rings is 2. The van der Waals surface area contributed by atoms with Crippen molar-refractivity contribution in [2.75, 3.05) is 13.1 Å². The average molecular weight is 244 g/mol. The summed E-state index contributed by atoms with van der Waals surface area (Å²) in [6.45, 7) is 8.33. The fourth-order valence-corrected chi connectivity index (χ4v) is 3.66. The summed E-state index contributed by atoms with van der Waals surface area (Å²) in [5, 5.41) is 3.74. The Bertz CT molecular complexity index is 373. The van der Waals surface area contributed by atoms with E-state index in [4.69, 9.17) is 0 Å². The van der Waals surface area contributed by atoms with Crippen LogP contribution in [0.2, 0.25) is 0 Å². The van der Waals surface area contributed by atoms with Gasteiger partial charge in [0.05, 0.1) is 0 Å². The molecule has 0 saturated carbocycles. The zero-order valence-corrected chi connectivity index (χ0v) is 11.5. The van der Waals surface area contributed by atoms with Crippen molar-refractivity contribution in [2.45, 2.75) is 38.9 Å². The maximum atomic E-state index is 3.74. The van der Waals surface area contributed by atoms with Crippen LogP contribution in [0.25, 0.3) is 0 Å². The van der Waals surface area contributed by atoms with Gasteiger partial charge in [-0.25, -0.2) is 0 Å². The minimum absolute atomic E-state index is 0.676. The summed E-state index contributed by atoms with van der Waals surface area (Å²) in [5.41, 5.74) is 1.45. The number of benzene rings is 1. The van der Waals surface area contributed by atoms with Crippen LogP contribution in [0.4, 0.5) is 0 Å². The zero-order valence-electron chi connectivity index (χ0n) is 11.5. The molecule has 1 N–H and O–H groups in total. The van der Waals surface area contributed by atoms with Gasteiger partial charge in [0.1, 0.15) is 0 Å². The molecule has 0 aromatic heterocycles. The van der Waals surface area contributed by atoms with E-state index in [2.05, 4.69) is 54.4 Å². The molecule has 4 atom stereocenters. The number of hydrogen-bond donors (Lipinski definition) is 1. The monoisotopic (exact) mass is 244 g/mol. The lowest BCUT2D eigenvalue weighted by molar-refractivity contribution is 0.0438. The SMILES string of the molecule is CC1NC(C)C2CC1CN(Cc1ccccc1)C2. The Morgan fingerprint density at radius 3 is 2.28 bits per heavy atom. The Kier molecular flexibility index (Phi) is 3.40. The first kappa shape index (κ1) is 12.2. The first-order valence-electron chi connectivity index (χ1n) is 7.24. The molecule has 1 aromatic rings. The van der Waals surface area contributed by atoms with Crippen LogP contribution < -0.4 is 5.32 Å². The van der Waals surface area contributed by atoms with E-state index in [1.807, 2.05) is 0 Å². The lowest BCUT2D eigenvalue weighted by Gasteiger charge is -2.48. The van der Waals surface area contributed by atoms with Crippen LogP contribution in [0.15, 0.2) is 30.3 Å². The van der Waals surface area contributed by atoms with Crippen molar-refractivity contribution in [3.05, 3.63) is 35.9 Å². The molecule has 0 spiro atoms. The summed E-state index contributed by atoms with van der Waals surface area (Å²) < 4.78 is 0. The first-order valence-corrected chi connectivity index (χ1v) is 7.24. The van der Waals surface area contributed by atoms with Gasteiger partial charge in [-0.1, -0.05) is 30.3 Å². The van der Waals surface area contributed by atoms with Crippen LogP contribution in [0.1, 0.15) is 25.8 Å². The maximum Gasteiger partial charge on any atom is 0.0233 e.